The summed E-state index contributed by atoms with van der Waals surface area (Å²) in [6, 6.07) is 16.2. The van der Waals surface area contributed by atoms with E-state index in [4.69, 9.17) is 0 Å². The van der Waals surface area contributed by atoms with Gasteiger partial charge in [-0.25, -0.2) is 4.57 Å². The molecule has 4 rings (SSSR count). The number of allylic oxidation sites excluding steroid dienone is 1. The van der Waals surface area contributed by atoms with E-state index < -0.39 is 0 Å². The average Bonchev–Trinajstić information content (AvgIpc) is 3.15. The van der Waals surface area contributed by atoms with Crippen molar-refractivity contribution in [3.8, 4) is 0 Å². The number of hydrogen-bond donors (Lipinski definition) is 0. The Morgan fingerprint density at radius 2 is 1.80 bits per heavy atom. The van der Waals surface area contributed by atoms with Crippen molar-refractivity contribution in [2.45, 2.75) is 13.1 Å². The van der Waals surface area contributed by atoms with Gasteiger partial charge in [-0.1, -0.05) is 28.1 Å². The molecule has 5 heteroatoms. The molecule has 25 heavy (non-hydrogen) atoms. The van der Waals surface area contributed by atoms with Crippen LogP contribution in [-0.2, 0) is 13.1 Å². The van der Waals surface area contributed by atoms with Crippen molar-refractivity contribution in [2.24, 2.45) is 0 Å². The van der Waals surface area contributed by atoms with E-state index in [1.807, 2.05) is 53.5 Å². The molecule has 1 aliphatic heterocycles. The van der Waals surface area contributed by atoms with Crippen LogP contribution in [0.1, 0.15) is 21.6 Å². The van der Waals surface area contributed by atoms with E-state index in [-0.39, 0.29) is 22.8 Å². The Hall–Kier alpha value is -1.98. The number of Topliss-reactive ketones (excluding diaryl/α,β-unsaturated/α-hetero) is 1. The van der Waals surface area contributed by atoms with Crippen LogP contribution >= 0.6 is 15.9 Å². The van der Waals surface area contributed by atoms with Gasteiger partial charge in [-0.15, -0.1) is 0 Å². The molecule has 126 valence electrons. The maximum Gasteiger partial charge on any atom is 0.207 e. The maximum absolute atomic E-state index is 12.3. The first kappa shape index (κ1) is 17.8. The zero-order valence-corrected chi connectivity index (χ0v) is 16.6. The third-order valence-corrected chi connectivity index (χ3v) is 4.76. The molecule has 2 aromatic heterocycles. The molecule has 0 aliphatic carbocycles. The van der Waals surface area contributed by atoms with Crippen LogP contribution < -0.4 is 21.5 Å². The number of fused-ring (bicyclic) bond motifs is 1. The Bertz CT molecular complexity index is 925. The number of nitrogens with zero attached hydrogens (tertiary/aromatic N) is 2. The quantitative estimate of drug-likeness (QED) is 0.421. The van der Waals surface area contributed by atoms with Crippen LogP contribution in [0.3, 0.4) is 0 Å². The minimum atomic E-state index is 0. The highest BCUT2D eigenvalue weighted by Gasteiger charge is 2.23. The van der Waals surface area contributed by atoms with E-state index in [0.29, 0.717) is 6.54 Å². The van der Waals surface area contributed by atoms with Gasteiger partial charge in [0.2, 0.25) is 5.78 Å². The zero-order chi connectivity index (χ0) is 16.5. The summed E-state index contributed by atoms with van der Waals surface area (Å²) in [4.78, 5) is 12.3. The summed E-state index contributed by atoms with van der Waals surface area (Å²) in [5, 5.41) is 0. The van der Waals surface area contributed by atoms with E-state index in [9.17, 15) is 4.79 Å². The average molecular weight is 460 g/mol. The first-order chi connectivity index (χ1) is 11.7. The van der Waals surface area contributed by atoms with Crippen LogP contribution in [0, 0.1) is 0 Å². The summed E-state index contributed by atoms with van der Waals surface area (Å²) in [7, 11) is 0. The molecular weight excluding hydrogens is 444 g/mol. The largest absolute Gasteiger partial charge is 1.00 e. The number of rotatable bonds is 3. The Balaban J connectivity index is 0.00000182. The molecule has 3 aromatic rings. The monoisotopic (exact) mass is 458 g/mol. The molecule has 0 bridgehead atoms. The molecule has 0 atom stereocenters. The standard InChI is InChI=1S/C20H16BrN2O.BrH/c21-18-5-3-16(4-6-18)13-22-10-7-15(8-11-22)12-17-14-23-9-1-2-19(23)20(17)24;/h1-12H,13-14H2;1H/q+1;/p-1. The van der Waals surface area contributed by atoms with Gasteiger partial charge in [-0.05, 0) is 35.9 Å². The number of halogens is 2. The highest BCUT2D eigenvalue weighted by molar-refractivity contribution is 9.10. The number of hydrogen-bond acceptors (Lipinski definition) is 1. The summed E-state index contributed by atoms with van der Waals surface area (Å²) in [6.45, 7) is 1.49. The lowest BCUT2D eigenvalue weighted by atomic mass is 10.1. The SMILES string of the molecule is O=C1C(=Cc2cc[n+](Cc3ccc(Br)cc3)cc2)Cn2cccc21.[Br-]. The Kier molecular flexibility index (Phi) is 5.35. The Morgan fingerprint density at radius 3 is 2.48 bits per heavy atom. The van der Waals surface area contributed by atoms with Gasteiger partial charge in [-0.2, -0.15) is 0 Å². The molecule has 0 saturated heterocycles. The third-order valence-electron chi connectivity index (χ3n) is 4.23. The molecule has 0 N–H and O–H groups in total. The number of aromatic nitrogens is 2. The van der Waals surface area contributed by atoms with Gasteiger partial charge in [0, 0.05) is 33.9 Å². The van der Waals surface area contributed by atoms with Crippen molar-refractivity contribution in [3.05, 3.63) is 94.0 Å². The molecule has 3 nitrogen and oxygen atoms in total. The van der Waals surface area contributed by atoms with Crippen LogP contribution in [0.25, 0.3) is 6.08 Å². The van der Waals surface area contributed by atoms with Gasteiger partial charge in [0.25, 0.3) is 0 Å². The second-order valence-electron chi connectivity index (χ2n) is 5.95. The Labute approximate surface area is 165 Å². The lowest BCUT2D eigenvalue weighted by Gasteiger charge is -2.00. The summed E-state index contributed by atoms with van der Waals surface area (Å²) in [5.41, 5.74) is 3.93. The lowest BCUT2D eigenvalue weighted by molar-refractivity contribution is -0.688. The van der Waals surface area contributed by atoms with E-state index in [1.165, 1.54) is 5.56 Å². The van der Waals surface area contributed by atoms with Crippen molar-refractivity contribution in [3.63, 3.8) is 0 Å². The number of pyridine rings is 1. The molecular formula is C20H16Br2N2O. The van der Waals surface area contributed by atoms with Crippen molar-refractivity contribution in [1.29, 1.82) is 0 Å². The molecule has 0 radical (unpaired) electrons. The van der Waals surface area contributed by atoms with E-state index in [2.05, 4.69) is 44.8 Å². The predicted molar refractivity (Wildman–Crippen MR) is 96.6 cm³/mol. The summed E-state index contributed by atoms with van der Waals surface area (Å²) in [6.07, 6.45) is 8.03. The van der Waals surface area contributed by atoms with Crippen LogP contribution in [-0.4, -0.2) is 10.4 Å². The molecule has 0 unspecified atom stereocenters. The smallest absolute Gasteiger partial charge is 0.207 e. The normalized spacial score (nSPS) is 14.4. The van der Waals surface area contributed by atoms with Gasteiger partial charge < -0.3 is 21.5 Å². The summed E-state index contributed by atoms with van der Waals surface area (Å²) < 4.78 is 5.21. The second-order valence-corrected chi connectivity index (χ2v) is 6.87. The Morgan fingerprint density at radius 1 is 1.08 bits per heavy atom. The van der Waals surface area contributed by atoms with Gasteiger partial charge in [0.05, 0.1) is 12.2 Å². The van der Waals surface area contributed by atoms with E-state index >= 15 is 0 Å². The molecule has 3 heterocycles. The van der Waals surface area contributed by atoms with Crippen molar-refractivity contribution in [2.75, 3.05) is 0 Å². The fourth-order valence-electron chi connectivity index (χ4n) is 2.96. The molecule has 0 amide bonds. The molecule has 1 aromatic carbocycles. The number of ketones is 1. The molecule has 0 spiro atoms. The van der Waals surface area contributed by atoms with Crippen LogP contribution in [0.5, 0.6) is 0 Å². The van der Waals surface area contributed by atoms with Gasteiger partial charge in [-0.3, -0.25) is 4.79 Å². The second kappa shape index (κ2) is 7.50. The minimum Gasteiger partial charge on any atom is -1.00 e. The summed E-state index contributed by atoms with van der Waals surface area (Å²) >= 11 is 3.45. The van der Waals surface area contributed by atoms with E-state index in [1.54, 1.807) is 0 Å². The summed E-state index contributed by atoms with van der Waals surface area (Å²) in [5.74, 6) is 0.131. The van der Waals surface area contributed by atoms with Gasteiger partial charge in [0.15, 0.2) is 18.9 Å². The lowest BCUT2D eigenvalue weighted by Crippen LogP contribution is -3.00. The van der Waals surface area contributed by atoms with Crippen molar-refractivity contribution < 1.29 is 26.3 Å². The van der Waals surface area contributed by atoms with E-state index in [0.717, 1.165) is 27.8 Å². The first-order valence-corrected chi connectivity index (χ1v) is 8.62. The van der Waals surface area contributed by atoms with Crippen molar-refractivity contribution in [1.82, 2.24) is 4.57 Å². The third kappa shape index (κ3) is 3.83. The number of carbonyl (C=O) groups is 1. The number of carbonyl (C=O) groups excluding carboxylic acids is 1. The first-order valence-electron chi connectivity index (χ1n) is 7.83. The zero-order valence-electron chi connectivity index (χ0n) is 13.4. The predicted octanol–water partition coefficient (Wildman–Crippen LogP) is 0.870. The van der Waals surface area contributed by atoms with Gasteiger partial charge in [0.1, 0.15) is 0 Å². The fourth-order valence-corrected chi connectivity index (χ4v) is 3.23. The topological polar surface area (TPSA) is 25.9 Å². The highest BCUT2D eigenvalue weighted by atomic mass is 79.9. The minimum absolute atomic E-state index is 0. The fraction of sp³-hybridized carbons (Fsp3) is 0.100. The van der Waals surface area contributed by atoms with Crippen molar-refractivity contribution >= 4 is 27.8 Å². The highest BCUT2D eigenvalue weighted by Crippen LogP contribution is 2.22. The van der Waals surface area contributed by atoms with Gasteiger partial charge >= 0.3 is 0 Å². The molecule has 0 fully saturated rings. The van der Waals surface area contributed by atoms with Crippen LogP contribution in [0.15, 0.2) is 77.2 Å². The maximum atomic E-state index is 12.3. The number of benzene rings is 1. The molecule has 0 saturated carbocycles. The molecule has 1 aliphatic rings. The van der Waals surface area contributed by atoms with Crippen LogP contribution in [0.4, 0.5) is 0 Å². The van der Waals surface area contributed by atoms with Crippen LogP contribution in [0.2, 0.25) is 0 Å².